The number of fused-ring (bicyclic) bond motifs is 1. The van der Waals surface area contributed by atoms with Gasteiger partial charge < -0.3 is 10.0 Å². The Balaban J connectivity index is 2.02. The lowest BCUT2D eigenvalue weighted by Gasteiger charge is -2.23. The Morgan fingerprint density at radius 2 is 2.21 bits per heavy atom. The van der Waals surface area contributed by atoms with E-state index in [2.05, 4.69) is 9.97 Å². The lowest BCUT2D eigenvalue weighted by atomic mass is 10.1. The molecule has 3 rings (SSSR count). The zero-order valence-electron chi connectivity index (χ0n) is 10.5. The maximum Gasteiger partial charge on any atom is 0.256 e. The van der Waals surface area contributed by atoms with Crippen LogP contribution in [0.3, 0.4) is 0 Å². The molecule has 1 amide bonds. The van der Waals surface area contributed by atoms with Crippen LogP contribution in [0, 0.1) is 0 Å². The molecule has 0 saturated carbocycles. The third-order valence-electron chi connectivity index (χ3n) is 3.58. The molecule has 1 N–H and O–H groups in total. The highest BCUT2D eigenvalue weighted by Crippen LogP contribution is 2.22. The summed E-state index contributed by atoms with van der Waals surface area (Å²) in [7, 11) is 0. The quantitative estimate of drug-likeness (QED) is 0.878. The van der Waals surface area contributed by atoms with Crippen molar-refractivity contribution in [3.8, 4) is 0 Å². The fourth-order valence-electron chi connectivity index (χ4n) is 2.61. The molecular weight excluding hydrogens is 242 g/mol. The van der Waals surface area contributed by atoms with E-state index >= 15 is 0 Å². The van der Waals surface area contributed by atoms with Gasteiger partial charge in [-0.15, -0.1) is 0 Å². The van der Waals surface area contributed by atoms with E-state index in [-0.39, 0.29) is 18.6 Å². The van der Waals surface area contributed by atoms with Gasteiger partial charge in [-0.1, -0.05) is 6.07 Å². The summed E-state index contributed by atoms with van der Waals surface area (Å²) in [5.41, 5.74) is 1.90. The number of aromatic nitrogens is 2. The highest BCUT2D eigenvalue weighted by atomic mass is 16.3. The van der Waals surface area contributed by atoms with Crippen LogP contribution in [0.1, 0.15) is 23.2 Å². The zero-order valence-corrected chi connectivity index (χ0v) is 10.5. The van der Waals surface area contributed by atoms with Crippen molar-refractivity contribution in [3.05, 3.63) is 36.2 Å². The number of likely N-dealkylation sites (tertiary alicyclic amines) is 1. The second kappa shape index (κ2) is 4.93. The minimum atomic E-state index is -0.0700. The van der Waals surface area contributed by atoms with Crippen LogP contribution in [0.25, 0.3) is 11.0 Å². The fraction of sp³-hybridized carbons (Fsp3) is 0.357. The van der Waals surface area contributed by atoms with Gasteiger partial charge in [-0.25, -0.2) is 0 Å². The number of para-hydroxylation sites is 1. The minimum Gasteiger partial charge on any atom is -0.394 e. The van der Waals surface area contributed by atoms with E-state index < -0.39 is 0 Å². The predicted molar refractivity (Wildman–Crippen MR) is 70.7 cm³/mol. The standard InChI is InChI=1S/C14H15N3O2/c18-9-10-3-2-8-17(10)14(19)11-4-1-5-12-13(11)16-7-6-15-12/h1,4-7,10,18H,2-3,8-9H2/t10-/m1/s1. The van der Waals surface area contributed by atoms with E-state index in [9.17, 15) is 9.90 Å². The molecule has 1 aliphatic heterocycles. The van der Waals surface area contributed by atoms with Crippen LogP contribution >= 0.6 is 0 Å². The van der Waals surface area contributed by atoms with Gasteiger partial charge in [-0.05, 0) is 25.0 Å². The molecule has 2 heterocycles. The van der Waals surface area contributed by atoms with Crippen LogP contribution in [0.2, 0.25) is 0 Å². The topological polar surface area (TPSA) is 66.3 Å². The summed E-state index contributed by atoms with van der Waals surface area (Å²) in [6.45, 7) is 0.711. The van der Waals surface area contributed by atoms with Crippen molar-refractivity contribution in [3.63, 3.8) is 0 Å². The van der Waals surface area contributed by atoms with Crippen LogP contribution < -0.4 is 0 Å². The molecule has 5 nitrogen and oxygen atoms in total. The molecule has 0 spiro atoms. The van der Waals surface area contributed by atoms with Gasteiger partial charge in [-0.2, -0.15) is 0 Å². The molecule has 1 aromatic carbocycles. The first-order valence-corrected chi connectivity index (χ1v) is 6.43. The Kier molecular flexibility index (Phi) is 3.13. The molecule has 5 heteroatoms. The predicted octanol–water partition coefficient (Wildman–Crippen LogP) is 1.23. The number of carbonyl (C=O) groups excluding carboxylic acids is 1. The van der Waals surface area contributed by atoms with E-state index in [1.807, 2.05) is 12.1 Å². The summed E-state index contributed by atoms with van der Waals surface area (Å²) in [6, 6.07) is 5.35. The molecule has 2 aromatic rings. The molecule has 0 aliphatic carbocycles. The Hall–Kier alpha value is -2.01. The summed E-state index contributed by atoms with van der Waals surface area (Å²) in [5, 5.41) is 9.32. The number of aliphatic hydroxyl groups is 1. The van der Waals surface area contributed by atoms with E-state index in [4.69, 9.17) is 0 Å². The highest BCUT2D eigenvalue weighted by Gasteiger charge is 2.29. The van der Waals surface area contributed by atoms with E-state index in [1.54, 1.807) is 23.4 Å². The summed E-state index contributed by atoms with van der Waals surface area (Å²) in [6.07, 6.45) is 5.00. The van der Waals surface area contributed by atoms with Gasteiger partial charge in [0.1, 0.15) is 5.52 Å². The second-order valence-electron chi connectivity index (χ2n) is 4.71. The van der Waals surface area contributed by atoms with Crippen molar-refractivity contribution >= 4 is 16.9 Å². The van der Waals surface area contributed by atoms with Gasteiger partial charge in [0.2, 0.25) is 0 Å². The molecule has 0 radical (unpaired) electrons. The molecule has 19 heavy (non-hydrogen) atoms. The van der Waals surface area contributed by atoms with Crippen LogP contribution in [-0.2, 0) is 0 Å². The van der Waals surface area contributed by atoms with Gasteiger partial charge in [0.25, 0.3) is 5.91 Å². The zero-order chi connectivity index (χ0) is 13.2. The number of rotatable bonds is 2. The number of nitrogens with zero attached hydrogens (tertiary/aromatic N) is 3. The monoisotopic (exact) mass is 257 g/mol. The second-order valence-corrected chi connectivity index (χ2v) is 4.71. The van der Waals surface area contributed by atoms with Crippen LogP contribution in [0.5, 0.6) is 0 Å². The Morgan fingerprint density at radius 1 is 1.37 bits per heavy atom. The molecule has 0 unspecified atom stereocenters. The molecular formula is C14H15N3O2. The normalized spacial score (nSPS) is 19.0. The maximum atomic E-state index is 12.6. The Bertz CT molecular complexity index is 609. The first-order valence-electron chi connectivity index (χ1n) is 6.43. The third-order valence-corrected chi connectivity index (χ3v) is 3.58. The molecule has 1 aromatic heterocycles. The van der Waals surface area contributed by atoms with E-state index in [0.717, 1.165) is 12.8 Å². The number of carbonyl (C=O) groups is 1. The Morgan fingerprint density at radius 3 is 3.05 bits per heavy atom. The van der Waals surface area contributed by atoms with Gasteiger partial charge in [0.05, 0.1) is 23.7 Å². The molecule has 98 valence electrons. The number of benzene rings is 1. The lowest BCUT2D eigenvalue weighted by molar-refractivity contribution is 0.0679. The smallest absolute Gasteiger partial charge is 0.256 e. The number of amides is 1. The molecule has 1 atom stereocenters. The third kappa shape index (κ3) is 2.06. The first kappa shape index (κ1) is 12.0. The molecule has 1 fully saturated rings. The SMILES string of the molecule is O=C(c1cccc2nccnc12)N1CCC[C@@H]1CO. The molecule has 0 bridgehead atoms. The van der Waals surface area contributed by atoms with Crippen molar-refractivity contribution in [1.82, 2.24) is 14.9 Å². The van der Waals surface area contributed by atoms with E-state index in [0.29, 0.717) is 23.1 Å². The number of hydrogen-bond acceptors (Lipinski definition) is 4. The summed E-state index contributed by atoms with van der Waals surface area (Å²) in [5.74, 6) is -0.0670. The summed E-state index contributed by atoms with van der Waals surface area (Å²) < 4.78 is 0. The van der Waals surface area contributed by atoms with Crippen molar-refractivity contribution in [2.45, 2.75) is 18.9 Å². The van der Waals surface area contributed by atoms with Crippen LogP contribution in [0.4, 0.5) is 0 Å². The van der Waals surface area contributed by atoms with Gasteiger partial charge in [0.15, 0.2) is 0 Å². The fourth-order valence-corrected chi connectivity index (χ4v) is 2.61. The van der Waals surface area contributed by atoms with Crippen LogP contribution in [-0.4, -0.2) is 45.1 Å². The molecule has 1 aliphatic rings. The van der Waals surface area contributed by atoms with Gasteiger partial charge in [0, 0.05) is 18.9 Å². The van der Waals surface area contributed by atoms with E-state index in [1.165, 1.54) is 0 Å². The maximum absolute atomic E-state index is 12.6. The minimum absolute atomic E-state index is 0.0161. The average molecular weight is 257 g/mol. The van der Waals surface area contributed by atoms with Crippen molar-refractivity contribution < 1.29 is 9.90 Å². The Labute approximate surface area is 110 Å². The number of aliphatic hydroxyl groups excluding tert-OH is 1. The largest absolute Gasteiger partial charge is 0.394 e. The summed E-state index contributed by atoms with van der Waals surface area (Å²) >= 11 is 0. The lowest BCUT2D eigenvalue weighted by Crippen LogP contribution is -2.37. The first-order chi connectivity index (χ1) is 9.31. The highest BCUT2D eigenvalue weighted by molar-refractivity contribution is 6.04. The summed E-state index contributed by atoms with van der Waals surface area (Å²) in [4.78, 5) is 22.8. The molecule has 1 saturated heterocycles. The average Bonchev–Trinajstić information content (AvgIpc) is 2.94. The van der Waals surface area contributed by atoms with Crippen LogP contribution in [0.15, 0.2) is 30.6 Å². The van der Waals surface area contributed by atoms with Gasteiger partial charge >= 0.3 is 0 Å². The number of hydrogen-bond donors (Lipinski definition) is 1. The van der Waals surface area contributed by atoms with Crippen molar-refractivity contribution in [2.75, 3.05) is 13.2 Å². The van der Waals surface area contributed by atoms with Crippen molar-refractivity contribution in [2.24, 2.45) is 0 Å². The van der Waals surface area contributed by atoms with Crippen molar-refractivity contribution in [1.29, 1.82) is 0 Å². The van der Waals surface area contributed by atoms with Gasteiger partial charge in [-0.3, -0.25) is 14.8 Å².